The Morgan fingerprint density at radius 2 is 1.48 bits per heavy atom. The highest BCUT2D eigenvalue weighted by Gasteiger charge is 2.32. The van der Waals surface area contributed by atoms with Crippen molar-refractivity contribution >= 4 is 29.8 Å². The number of allylic oxidation sites excluding steroid dienone is 1. The molecule has 1 aliphatic carbocycles. The number of aromatic nitrogens is 3. The largest absolute Gasteiger partial charge is 0.481 e. The van der Waals surface area contributed by atoms with Gasteiger partial charge in [0, 0.05) is 0 Å². The second-order valence-corrected chi connectivity index (χ2v) is 4.22. The number of hydrogen-bond acceptors (Lipinski definition) is 8. The lowest BCUT2D eigenvalue weighted by molar-refractivity contribution is -0.152. The average Bonchev–Trinajstić information content (AvgIpc) is 2.37. The third-order valence-electron chi connectivity index (χ3n) is 2.71. The Hall–Kier alpha value is -2.91. The molecule has 2 atom stereocenters. The lowest BCUT2D eigenvalue weighted by Crippen LogP contribution is -2.30. The van der Waals surface area contributed by atoms with Crippen molar-refractivity contribution in [2.45, 2.75) is 12.8 Å². The predicted octanol–water partition coefficient (Wildman–Crippen LogP) is -0.644. The third kappa shape index (κ3) is 4.93. The molecule has 0 saturated carbocycles. The van der Waals surface area contributed by atoms with E-state index >= 15 is 0 Å². The number of aliphatic carboxylic acids is 2. The molecule has 0 aliphatic heterocycles. The smallest absolute Gasteiger partial charge is 0.311 e. The second kappa shape index (κ2) is 7.03. The highest BCUT2D eigenvalue weighted by atomic mass is 16.4. The van der Waals surface area contributed by atoms with Gasteiger partial charge in [0.1, 0.15) is 0 Å². The summed E-state index contributed by atoms with van der Waals surface area (Å²) in [5, 5.41) is 17.3. The van der Waals surface area contributed by atoms with E-state index in [0.29, 0.717) is 12.8 Å². The van der Waals surface area contributed by atoms with E-state index in [1.807, 2.05) is 0 Å². The highest BCUT2D eigenvalue weighted by Crippen LogP contribution is 2.24. The fraction of sp³-hybridized carbons (Fsp3) is 0.364. The van der Waals surface area contributed by atoms with Crippen LogP contribution in [-0.4, -0.2) is 37.1 Å². The van der Waals surface area contributed by atoms with E-state index < -0.39 is 23.8 Å². The summed E-state index contributed by atoms with van der Waals surface area (Å²) in [4.78, 5) is 31.6. The summed E-state index contributed by atoms with van der Waals surface area (Å²) in [7, 11) is 0. The van der Waals surface area contributed by atoms with Gasteiger partial charge in [-0.25, -0.2) is 0 Å². The summed E-state index contributed by atoms with van der Waals surface area (Å²) in [6.07, 6.45) is 4.26. The highest BCUT2D eigenvalue weighted by molar-refractivity contribution is 5.81. The first-order valence-electron chi connectivity index (χ1n) is 5.96. The van der Waals surface area contributed by atoms with Crippen LogP contribution in [0.15, 0.2) is 12.2 Å². The number of carboxylic acids is 2. The van der Waals surface area contributed by atoms with Crippen molar-refractivity contribution < 1.29 is 19.8 Å². The van der Waals surface area contributed by atoms with Crippen molar-refractivity contribution in [3.63, 3.8) is 0 Å². The van der Waals surface area contributed by atoms with Crippen LogP contribution in [0.2, 0.25) is 0 Å². The summed E-state index contributed by atoms with van der Waals surface area (Å²) in [6.45, 7) is 0. The summed E-state index contributed by atoms with van der Waals surface area (Å²) >= 11 is 0. The van der Waals surface area contributed by atoms with Crippen molar-refractivity contribution in [3.8, 4) is 0 Å². The van der Waals surface area contributed by atoms with E-state index in [4.69, 9.17) is 27.4 Å². The number of nitrogens with two attached hydrogens (primary N) is 3. The van der Waals surface area contributed by atoms with Crippen LogP contribution in [0.3, 0.4) is 0 Å². The minimum absolute atomic E-state index is 0.0417. The zero-order valence-corrected chi connectivity index (χ0v) is 11.0. The maximum atomic E-state index is 10.6. The number of nitrogen functional groups attached to an aromatic ring is 3. The predicted molar refractivity (Wildman–Crippen MR) is 73.7 cm³/mol. The monoisotopic (exact) mass is 296 g/mol. The molecule has 0 fully saturated rings. The average molecular weight is 296 g/mol. The van der Waals surface area contributed by atoms with Gasteiger partial charge in [0.25, 0.3) is 0 Å². The topological polar surface area (TPSA) is 191 Å². The lowest BCUT2D eigenvalue weighted by Gasteiger charge is -2.19. The molecule has 1 aromatic heterocycles. The summed E-state index contributed by atoms with van der Waals surface area (Å²) < 4.78 is 0. The molecule has 114 valence electrons. The van der Waals surface area contributed by atoms with E-state index in [2.05, 4.69) is 15.0 Å². The Morgan fingerprint density at radius 3 is 1.81 bits per heavy atom. The van der Waals surface area contributed by atoms with Crippen LogP contribution in [0.1, 0.15) is 12.8 Å². The maximum Gasteiger partial charge on any atom is 0.311 e. The first-order valence-corrected chi connectivity index (χ1v) is 5.96. The Labute approximate surface area is 119 Å². The van der Waals surface area contributed by atoms with E-state index in [1.54, 1.807) is 6.08 Å². The lowest BCUT2D eigenvalue weighted by atomic mass is 9.84. The van der Waals surface area contributed by atoms with E-state index in [1.165, 1.54) is 6.08 Å². The summed E-state index contributed by atoms with van der Waals surface area (Å²) in [6, 6.07) is 0. The molecule has 10 nitrogen and oxygen atoms in total. The molecule has 8 N–H and O–H groups in total. The Balaban J connectivity index is 0.000000219. The molecule has 1 heterocycles. The van der Waals surface area contributed by atoms with Gasteiger partial charge in [-0.2, -0.15) is 15.0 Å². The van der Waals surface area contributed by atoms with Gasteiger partial charge >= 0.3 is 11.9 Å². The van der Waals surface area contributed by atoms with Gasteiger partial charge in [-0.05, 0) is 12.8 Å². The normalized spacial score (nSPS) is 20.2. The van der Waals surface area contributed by atoms with E-state index in [9.17, 15) is 9.59 Å². The number of anilines is 3. The zero-order chi connectivity index (χ0) is 16.0. The molecule has 0 spiro atoms. The van der Waals surface area contributed by atoms with Crippen LogP contribution >= 0.6 is 0 Å². The van der Waals surface area contributed by atoms with Crippen molar-refractivity contribution in [2.24, 2.45) is 11.8 Å². The quantitative estimate of drug-likeness (QED) is 0.438. The molecule has 0 amide bonds. The SMILES string of the molecule is Nc1nc(N)nc(N)n1.O=C(O)C1C=CCCC1C(=O)O. The maximum absolute atomic E-state index is 10.6. The molecule has 10 heteroatoms. The molecule has 0 saturated heterocycles. The van der Waals surface area contributed by atoms with Gasteiger partial charge in [0.05, 0.1) is 11.8 Å². The fourth-order valence-corrected chi connectivity index (χ4v) is 1.79. The van der Waals surface area contributed by atoms with Crippen molar-refractivity contribution in [2.75, 3.05) is 17.2 Å². The first-order chi connectivity index (χ1) is 9.81. The van der Waals surface area contributed by atoms with Crippen LogP contribution < -0.4 is 17.2 Å². The van der Waals surface area contributed by atoms with E-state index in [0.717, 1.165) is 0 Å². The molecule has 2 unspecified atom stereocenters. The van der Waals surface area contributed by atoms with Crippen LogP contribution in [0.4, 0.5) is 17.8 Å². The zero-order valence-electron chi connectivity index (χ0n) is 11.0. The summed E-state index contributed by atoms with van der Waals surface area (Å²) in [5.41, 5.74) is 15.4. The third-order valence-corrected chi connectivity index (χ3v) is 2.71. The van der Waals surface area contributed by atoms with Crippen LogP contribution in [0.25, 0.3) is 0 Å². The van der Waals surface area contributed by atoms with Crippen molar-refractivity contribution in [3.05, 3.63) is 12.2 Å². The Bertz CT molecular complexity index is 511. The Morgan fingerprint density at radius 1 is 1.00 bits per heavy atom. The van der Waals surface area contributed by atoms with Gasteiger partial charge in [-0.1, -0.05) is 12.2 Å². The van der Waals surface area contributed by atoms with Gasteiger partial charge in [-0.3, -0.25) is 9.59 Å². The minimum Gasteiger partial charge on any atom is -0.481 e. The van der Waals surface area contributed by atoms with E-state index in [-0.39, 0.29) is 17.8 Å². The molecule has 0 aromatic carbocycles. The van der Waals surface area contributed by atoms with Gasteiger partial charge in [0.2, 0.25) is 17.8 Å². The molecular formula is C11H16N6O4. The van der Waals surface area contributed by atoms with Crippen LogP contribution in [0.5, 0.6) is 0 Å². The minimum atomic E-state index is -1.06. The van der Waals surface area contributed by atoms with Crippen molar-refractivity contribution in [1.82, 2.24) is 15.0 Å². The molecule has 1 aliphatic rings. The number of nitrogens with zero attached hydrogens (tertiary/aromatic N) is 3. The Kier molecular flexibility index (Phi) is 5.40. The molecule has 0 radical (unpaired) electrons. The van der Waals surface area contributed by atoms with Gasteiger partial charge in [0.15, 0.2) is 0 Å². The molecule has 0 bridgehead atoms. The number of hydrogen-bond donors (Lipinski definition) is 5. The number of carbonyl (C=O) groups is 2. The summed E-state index contributed by atoms with van der Waals surface area (Å²) in [5.74, 6) is -3.56. The standard InChI is InChI=1S/C8H10O4.C3H6N6/c9-7(10)5-3-1-2-4-6(5)8(11)12;4-1-7-2(5)9-3(6)8-1/h1,3,5-6H,2,4H2,(H,9,10)(H,11,12);(H6,4,5,6,7,8,9). The first kappa shape index (κ1) is 16.1. The van der Waals surface area contributed by atoms with Gasteiger partial charge < -0.3 is 27.4 Å². The van der Waals surface area contributed by atoms with Crippen LogP contribution in [-0.2, 0) is 9.59 Å². The number of rotatable bonds is 2. The molecule has 2 rings (SSSR count). The number of carboxylic acid groups (broad SMARTS) is 2. The molecular weight excluding hydrogens is 280 g/mol. The second-order valence-electron chi connectivity index (χ2n) is 4.22. The van der Waals surface area contributed by atoms with Crippen LogP contribution in [0, 0.1) is 11.8 Å². The van der Waals surface area contributed by atoms with Gasteiger partial charge in [-0.15, -0.1) is 0 Å². The molecule has 21 heavy (non-hydrogen) atoms. The fourth-order valence-electron chi connectivity index (χ4n) is 1.79. The molecule has 1 aromatic rings. The van der Waals surface area contributed by atoms with Crippen molar-refractivity contribution in [1.29, 1.82) is 0 Å².